The van der Waals surface area contributed by atoms with E-state index in [1.807, 2.05) is 19.1 Å². The van der Waals surface area contributed by atoms with E-state index in [9.17, 15) is 9.59 Å². The molecule has 0 aliphatic rings. The molecule has 4 heteroatoms. The fraction of sp³-hybridized carbons (Fsp3) is 0.273. The summed E-state index contributed by atoms with van der Waals surface area (Å²) >= 11 is 0. The lowest BCUT2D eigenvalue weighted by Gasteiger charge is -2.26. The number of rotatable bonds is 4. The third kappa shape index (κ3) is 1.98. The van der Waals surface area contributed by atoms with Gasteiger partial charge in [-0.25, -0.2) is 4.79 Å². The third-order valence-corrected chi connectivity index (χ3v) is 2.46. The summed E-state index contributed by atoms with van der Waals surface area (Å²) in [6, 6.07) is 7.07. The van der Waals surface area contributed by atoms with Gasteiger partial charge in [0.2, 0.25) is 6.41 Å². The maximum Gasteiger partial charge on any atom is 0.333 e. The molecule has 1 atom stereocenters. The summed E-state index contributed by atoms with van der Waals surface area (Å²) in [4.78, 5) is 21.6. The van der Waals surface area contributed by atoms with E-state index < -0.39 is 11.5 Å². The van der Waals surface area contributed by atoms with Crippen molar-refractivity contribution in [3.8, 4) is 0 Å². The first-order valence-corrected chi connectivity index (χ1v) is 4.53. The summed E-state index contributed by atoms with van der Waals surface area (Å²) in [5, 5.41) is 11.5. The fourth-order valence-electron chi connectivity index (χ4n) is 1.51. The van der Waals surface area contributed by atoms with Crippen molar-refractivity contribution in [3.63, 3.8) is 0 Å². The van der Waals surface area contributed by atoms with Crippen LogP contribution in [0.15, 0.2) is 24.3 Å². The highest BCUT2D eigenvalue weighted by Gasteiger charge is 2.35. The minimum atomic E-state index is -1.37. The summed E-state index contributed by atoms with van der Waals surface area (Å²) in [7, 11) is 0. The predicted octanol–water partition coefficient (Wildman–Crippen LogP) is 1.04. The first kappa shape index (κ1) is 11.2. The van der Waals surface area contributed by atoms with E-state index in [1.165, 1.54) is 6.92 Å². The smallest absolute Gasteiger partial charge is 0.333 e. The fourth-order valence-corrected chi connectivity index (χ4v) is 1.51. The van der Waals surface area contributed by atoms with Gasteiger partial charge in [0.15, 0.2) is 5.54 Å². The maximum atomic E-state index is 11.1. The van der Waals surface area contributed by atoms with Crippen LogP contribution < -0.4 is 5.32 Å². The van der Waals surface area contributed by atoms with Crippen LogP contribution in [-0.2, 0) is 15.1 Å². The average Bonchev–Trinajstić information content (AvgIpc) is 2.18. The molecule has 0 aromatic heterocycles. The zero-order chi connectivity index (χ0) is 11.5. The standard InChI is InChI=1S/C11H13NO3/c1-8-5-3-4-6-9(8)11(2,10(14)15)12-7-13/h3-7H,1-2H3,(H,12,13)(H,14,15). The van der Waals surface area contributed by atoms with E-state index in [2.05, 4.69) is 5.32 Å². The molecule has 1 aromatic carbocycles. The van der Waals surface area contributed by atoms with E-state index in [0.717, 1.165) is 5.56 Å². The molecule has 0 aliphatic carbocycles. The molecule has 0 fully saturated rings. The quantitative estimate of drug-likeness (QED) is 0.725. The molecule has 80 valence electrons. The minimum absolute atomic E-state index is 0.403. The molecule has 0 saturated carbocycles. The number of nitrogens with one attached hydrogen (secondary N) is 1. The van der Waals surface area contributed by atoms with Crippen molar-refractivity contribution in [2.24, 2.45) is 0 Å². The highest BCUT2D eigenvalue weighted by Crippen LogP contribution is 2.23. The molecule has 1 unspecified atom stereocenters. The predicted molar refractivity (Wildman–Crippen MR) is 55.4 cm³/mol. The molecule has 0 heterocycles. The SMILES string of the molecule is Cc1ccccc1C(C)(NC=O)C(=O)O. The highest BCUT2D eigenvalue weighted by molar-refractivity contribution is 5.83. The van der Waals surface area contributed by atoms with E-state index in [1.54, 1.807) is 12.1 Å². The number of aliphatic carboxylic acids is 1. The van der Waals surface area contributed by atoms with Crippen LogP contribution in [0.1, 0.15) is 18.1 Å². The lowest BCUT2D eigenvalue weighted by molar-refractivity contribution is -0.145. The van der Waals surface area contributed by atoms with Gasteiger partial charge in [0.1, 0.15) is 0 Å². The number of benzene rings is 1. The summed E-state index contributed by atoms with van der Waals surface area (Å²) in [5.41, 5.74) is 0.0500. The van der Waals surface area contributed by atoms with Gasteiger partial charge in [0.05, 0.1) is 0 Å². The van der Waals surface area contributed by atoms with Crippen molar-refractivity contribution in [2.45, 2.75) is 19.4 Å². The second-order valence-electron chi connectivity index (χ2n) is 3.51. The molecule has 1 amide bonds. The van der Waals surface area contributed by atoms with E-state index in [0.29, 0.717) is 12.0 Å². The Hall–Kier alpha value is -1.84. The Morgan fingerprint density at radius 1 is 1.47 bits per heavy atom. The molecule has 1 rings (SSSR count). The first-order chi connectivity index (χ1) is 7.02. The minimum Gasteiger partial charge on any atom is -0.479 e. The van der Waals surface area contributed by atoms with E-state index >= 15 is 0 Å². The van der Waals surface area contributed by atoms with Crippen molar-refractivity contribution < 1.29 is 14.7 Å². The Bertz CT molecular complexity index is 389. The van der Waals surface area contributed by atoms with Gasteiger partial charge in [-0.1, -0.05) is 24.3 Å². The highest BCUT2D eigenvalue weighted by atomic mass is 16.4. The summed E-state index contributed by atoms with van der Waals surface area (Å²) in [6.07, 6.45) is 0.403. The molecule has 0 radical (unpaired) electrons. The van der Waals surface area contributed by atoms with E-state index in [-0.39, 0.29) is 0 Å². The first-order valence-electron chi connectivity index (χ1n) is 4.53. The molecule has 0 bridgehead atoms. The van der Waals surface area contributed by atoms with Crippen molar-refractivity contribution in [1.82, 2.24) is 5.32 Å². The average molecular weight is 207 g/mol. The molecular weight excluding hydrogens is 194 g/mol. The zero-order valence-electron chi connectivity index (χ0n) is 8.65. The molecular formula is C11H13NO3. The van der Waals surface area contributed by atoms with Gasteiger partial charge in [0, 0.05) is 0 Å². The summed E-state index contributed by atoms with van der Waals surface area (Å²) < 4.78 is 0. The Morgan fingerprint density at radius 2 is 2.07 bits per heavy atom. The molecule has 15 heavy (non-hydrogen) atoms. The van der Waals surface area contributed by atoms with Gasteiger partial charge in [-0.15, -0.1) is 0 Å². The van der Waals surface area contributed by atoms with Crippen LogP contribution in [0, 0.1) is 6.92 Å². The monoisotopic (exact) mass is 207 g/mol. The van der Waals surface area contributed by atoms with Crippen LogP contribution in [0.3, 0.4) is 0 Å². The third-order valence-electron chi connectivity index (χ3n) is 2.46. The van der Waals surface area contributed by atoms with Gasteiger partial charge < -0.3 is 10.4 Å². The number of amides is 1. The molecule has 0 spiro atoms. The molecule has 2 N–H and O–H groups in total. The molecule has 0 saturated heterocycles. The Morgan fingerprint density at radius 3 is 2.53 bits per heavy atom. The summed E-state index contributed by atoms with van der Waals surface area (Å²) in [6.45, 7) is 3.27. The second kappa shape index (κ2) is 4.13. The zero-order valence-corrected chi connectivity index (χ0v) is 8.65. The number of carbonyl (C=O) groups is 2. The van der Waals surface area contributed by atoms with Crippen LogP contribution in [0.4, 0.5) is 0 Å². The van der Waals surface area contributed by atoms with Crippen molar-refractivity contribution in [1.29, 1.82) is 0 Å². The number of carbonyl (C=O) groups excluding carboxylic acids is 1. The maximum absolute atomic E-state index is 11.1. The lowest BCUT2D eigenvalue weighted by atomic mass is 9.89. The largest absolute Gasteiger partial charge is 0.479 e. The van der Waals surface area contributed by atoms with Gasteiger partial charge in [-0.2, -0.15) is 0 Å². The Balaban J connectivity index is 3.27. The molecule has 1 aromatic rings. The van der Waals surface area contributed by atoms with Gasteiger partial charge in [-0.05, 0) is 25.0 Å². The molecule has 4 nitrogen and oxygen atoms in total. The number of carboxylic acids is 1. The van der Waals surface area contributed by atoms with Crippen molar-refractivity contribution >= 4 is 12.4 Å². The topological polar surface area (TPSA) is 66.4 Å². The van der Waals surface area contributed by atoms with Crippen LogP contribution >= 0.6 is 0 Å². The van der Waals surface area contributed by atoms with Crippen LogP contribution in [0.2, 0.25) is 0 Å². The number of aryl methyl sites for hydroxylation is 1. The van der Waals surface area contributed by atoms with Gasteiger partial charge >= 0.3 is 5.97 Å². The van der Waals surface area contributed by atoms with Crippen molar-refractivity contribution in [3.05, 3.63) is 35.4 Å². The number of hydrogen-bond acceptors (Lipinski definition) is 2. The Labute approximate surface area is 87.9 Å². The normalized spacial score (nSPS) is 14.0. The Kier molecular flexibility index (Phi) is 3.09. The van der Waals surface area contributed by atoms with Gasteiger partial charge in [0.25, 0.3) is 0 Å². The lowest BCUT2D eigenvalue weighted by Crippen LogP contribution is -2.46. The van der Waals surface area contributed by atoms with Crippen molar-refractivity contribution in [2.75, 3.05) is 0 Å². The summed E-state index contributed by atoms with van der Waals surface area (Å²) in [5.74, 6) is -1.08. The molecule has 0 aliphatic heterocycles. The van der Waals surface area contributed by atoms with Crippen LogP contribution in [-0.4, -0.2) is 17.5 Å². The number of hydrogen-bond donors (Lipinski definition) is 2. The van der Waals surface area contributed by atoms with Gasteiger partial charge in [-0.3, -0.25) is 4.79 Å². The number of carboxylic acid groups (broad SMARTS) is 1. The van der Waals surface area contributed by atoms with Crippen LogP contribution in [0.25, 0.3) is 0 Å². The van der Waals surface area contributed by atoms with E-state index in [4.69, 9.17) is 5.11 Å². The van der Waals surface area contributed by atoms with Crippen LogP contribution in [0.5, 0.6) is 0 Å². The second-order valence-corrected chi connectivity index (χ2v) is 3.51.